The molecule has 1 amide bonds. The van der Waals surface area contributed by atoms with Crippen LogP contribution >= 0.6 is 0 Å². The lowest BCUT2D eigenvalue weighted by Gasteiger charge is -2.33. The standard InChI is InChI=1S/C18H23F3N2O/c1-2-3-12-22-15-6-4-5-7-16(15)23-17(24)13-8-10-14(11-9-13)18(19,20)21/h2,8-11,15-16,22H,1,3-7,12H2,(H,23,24). The van der Waals surface area contributed by atoms with Gasteiger partial charge in [0.05, 0.1) is 5.56 Å². The fraction of sp³-hybridized carbons (Fsp3) is 0.500. The molecule has 1 saturated carbocycles. The average Bonchev–Trinajstić information content (AvgIpc) is 2.56. The Morgan fingerprint density at radius 1 is 1.17 bits per heavy atom. The van der Waals surface area contributed by atoms with Gasteiger partial charge in [0.2, 0.25) is 0 Å². The van der Waals surface area contributed by atoms with Crippen molar-refractivity contribution in [2.24, 2.45) is 0 Å². The summed E-state index contributed by atoms with van der Waals surface area (Å²) >= 11 is 0. The molecule has 2 unspecified atom stereocenters. The van der Waals surface area contributed by atoms with Gasteiger partial charge in [-0.05, 0) is 50.1 Å². The number of alkyl halides is 3. The van der Waals surface area contributed by atoms with Gasteiger partial charge in [-0.2, -0.15) is 13.2 Å². The average molecular weight is 340 g/mol. The summed E-state index contributed by atoms with van der Waals surface area (Å²) in [4.78, 5) is 12.3. The zero-order valence-electron chi connectivity index (χ0n) is 13.5. The molecule has 1 aromatic rings. The lowest BCUT2D eigenvalue weighted by molar-refractivity contribution is -0.137. The normalized spacial score (nSPS) is 21.3. The largest absolute Gasteiger partial charge is 0.416 e. The van der Waals surface area contributed by atoms with Crippen molar-refractivity contribution < 1.29 is 18.0 Å². The van der Waals surface area contributed by atoms with E-state index in [-0.39, 0.29) is 23.6 Å². The smallest absolute Gasteiger partial charge is 0.348 e. The highest BCUT2D eigenvalue weighted by Gasteiger charge is 2.30. The van der Waals surface area contributed by atoms with Crippen LogP contribution in [0.1, 0.15) is 48.0 Å². The van der Waals surface area contributed by atoms with Crippen LogP contribution in [0.15, 0.2) is 36.9 Å². The van der Waals surface area contributed by atoms with E-state index in [9.17, 15) is 18.0 Å². The number of amides is 1. The van der Waals surface area contributed by atoms with Gasteiger partial charge in [0.15, 0.2) is 0 Å². The Morgan fingerprint density at radius 3 is 2.38 bits per heavy atom. The fourth-order valence-corrected chi connectivity index (χ4v) is 2.98. The molecule has 1 aromatic carbocycles. The molecule has 0 radical (unpaired) electrons. The van der Waals surface area contributed by atoms with Gasteiger partial charge in [0.1, 0.15) is 0 Å². The van der Waals surface area contributed by atoms with Crippen molar-refractivity contribution in [3.8, 4) is 0 Å². The van der Waals surface area contributed by atoms with Crippen LogP contribution in [0.4, 0.5) is 13.2 Å². The summed E-state index contributed by atoms with van der Waals surface area (Å²) in [6.07, 6.45) is 2.31. The molecule has 132 valence electrons. The molecule has 0 bridgehead atoms. The summed E-state index contributed by atoms with van der Waals surface area (Å²) in [5, 5.41) is 6.39. The zero-order valence-corrected chi connectivity index (χ0v) is 13.5. The zero-order chi connectivity index (χ0) is 17.6. The molecule has 24 heavy (non-hydrogen) atoms. The number of rotatable bonds is 6. The van der Waals surface area contributed by atoms with Gasteiger partial charge in [-0.1, -0.05) is 18.9 Å². The topological polar surface area (TPSA) is 41.1 Å². The molecule has 3 nitrogen and oxygen atoms in total. The Balaban J connectivity index is 1.97. The summed E-state index contributed by atoms with van der Waals surface area (Å²) < 4.78 is 37.7. The Kier molecular flexibility index (Phi) is 6.43. The van der Waals surface area contributed by atoms with Crippen LogP contribution in [0.5, 0.6) is 0 Å². The van der Waals surface area contributed by atoms with Crippen LogP contribution in [0.2, 0.25) is 0 Å². The van der Waals surface area contributed by atoms with Crippen LogP contribution in [-0.4, -0.2) is 24.5 Å². The van der Waals surface area contributed by atoms with Crippen molar-refractivity contribution in [2.45, 2.75) is 50.4 Å². The van der Waals surface area contributed by atoms with Crippen LogP contribution in [0.25, 0.3) is 0 Å². The highest BCUT2D eigenvalue weighted by molar-refractivity contribution is 5.94. The summed E-state index contributed by atoms with van der Waals surface area (Å²) in [5.74, 6) is -0.328. The number of hydrogen-bond acceptors (Lipinski definition) is 2. The highest BCUT2D eigenvalue weighted by atomic mass is 19.4. The number of carbonyl (C=O) groups is 1. The Bertz CT molecular complexity index is 554. The molecule has 0 aromatic heterocycles. The number of carbonyl (C=O) groups excluding carboxylic acids is 1. The molecule has 0 heterocycles. The molecule has 0 spiro atoms. The van der Waals surface area contributed by atoms with Gasteiger partial charge >= 0.3 is 6.18 Å². The molecule has 1 aliphatic rings. The van der Waals surface area contributed by atoms with Crippen molar-refractivity contribution in [1.82, 2.24) is 10.6 Å². The van der Waals surface area contributed by atoms with Crippen LogP contribution in [-0.2, 0) is 6.18 Å². The second kappa shape index (κ2) is 8.33. The first kappa shape index (κ1) is 18.5. The van der Waals surface area contributed by atoms with E-state index in [4.69, 9.17) is 0 Å². The van der Waals surface area contributed by atoms with Crippen molar-refractivity contribution in [2.75, 3.05) is 6.54 Å². The van der Waals surface area contributed by atoms with E-state index in [0.29, 0.717) is 0 Å². The lowest BCUT2D eigenvalue weighted by atomic mass is 9.90. The van der Waals surface area contributed by atoms with Crippen LogP contribution in [0, 0.1) is 0 Å². The molecule has 2 rings (SSSR count). The molecule has 2 atom stereocenters. The fourth-order valence-electron chi connectivity index (χ4n) is 2.98. The van der Waals surface area contributed by atoms with Crippen molar-refractivity contribution in [3.05, 3.63) is 48.0 Å². The van der Waals surface area contributed by atoms with E-state index >= 15 is 0 Å². The molecule has 2 N–H and O–H groups in total. The van der Waals surface area contributed by atoms with Gasteiger partial charge in [-0.15, -0.1) is 6.58 Å². The number of halogens is 3. The molecule has 1 fully saturated rings. The predicted molar refractivity (Wildman–Crippen MR) is 87.8 cm³/mol. The van der Waals surface area contributed by atoms with E-state index in [1.54, 1.807) is 0 Å². The maximum absolute atomic E-state index is 12.6. The number of benzene rings is 1. The van der Waals surface area contributed by atoms with Crippen molar-refractivity contribution >= 4 is 5.91 Å². The third-order valence-corrected chi connectivity index (χ3v) is 4.31. The van der Waals surface area contributed by atoms with E-state index < -0.39 is 11.7 Å². The minimum Gasteiger partial charge on any atom is -0.348 e. The number of nitrogens with one attached hydrogen (secondary N) is 2. The Hall–Kier alpha value is -1.82. The van der Waals surface area contributed by atoms with Gasteiger partial charge < -0.3 is 10.6 Å². The second-order valence-corrected chi connectivity index (χ2v) is 6.08. The quantitative estimate of drug-likeness (QED) is 0.609. The first-order valence-corrected chi connectivity index (χ1v) is 8.24. The molecule has 0 aliphatic heterocycles. The van der Waals surface area contributed by atoms with E-state index in [1.807, 2.05) is 6.08 Å². The lowest BCUT2D eigenvalue weighted by Crippen LogP contribution is -2.51. The molecule has 6 heteroatoms. The predicted octanol–water partition coefficient (Wildman–Crippen LogP) is 3.91. The van der Waals surface area contributed by atoms with Crippen LogP contribution < -0.4 is 10.6 Å². The first-order chi connectivity index (χ1) is 11.4. The summed E-state index contributed by atoms with van der Waals surface area (Å²) in [6.45, 7) is 4.49. The van der Waals surface area contributed by atoms with Gasteiger partial charge in [0, 0.05) is 17.6 Å². The minimum atomic E-state index is -4.39. The third-order valence-electron chi connectivity index (χ3n) is 4.31. The second-order valence-electron chi connectivity index (χ2n) is 6.08. The van der Waals surface area contributed by atoms with Crippen molar-refractivity contribution in [1.29, 1.82) is 0 Å². The van der Waals surface area contributed by atoms with E-state index in [1.165, 1.54) is 12.1 Å². The number of hydrogen-bond donors (Lipinski definition) is 2. The highest BCUT2D eigenvalue weighted by Crippen LogP contribution is 2.29. The minimum absolute atomic E-state index is 0.00152. The molecule has 0 saturated heterocycles. The third kappa shape index (κ3) is 5.09. The van der Waals surface area contributed by atoms with Gasteiger partial charge in [-0.3, -0.25) is 4.79 Å². The van der Waals surface area contributed by atoms with E-state index in [0.717, 1.165) is 50.8 Å². The van der Waals surface area contributed by atoms with E-state index in [2.05, 4.69) is 17.2 Å². The maximum atomic E-state index is 12.6. The van der Waals surface area contributed by atoms with Crippen molar-refractivity contribution in [3.63, 3.8) is 0 Å². The van der Waals surface area contributed by atoms with Crippen LogP contribution in [0.3, 0.4) is 0 Å². The Labute approximate surface area is 140 Å². The SMILES string of the molecule is C=CCCNC1CCCCC1NC(=O)c1ccc(C(F)(F)F)cc1. The van der Waals surface area contributed by atoms with Gasteiger partial charge in [-0.25, -0.2) is 0 Å². The maximum Gasteiger partial charge on any atom is 0.416 e. The molecular weight excluding hydrogens is 317 g/mol. The molecular formula is C18H23F3N2O. The Morgan fingerprint density at radius 2 is 1.79 bits per heavy atom. The summed E-state index contributed by atoms with van der Waals surface area (Å²) in [6, 6.07) is 4.52. The first-order valence-electron chi connectivity index (χ1n) is 8.24. The summed E-state index contributed by atoms with van der Waals surface area (Å²) in [5.41, 5.74) is -0.501. The van der Waals surface area contributed by atoms with Gasteiger partial charge in [0.25, 0.3) is 5.91 Å². The molecule has 1 aliphatic carbocycles. The summed E-state index contributed by atoms with van der Waals surface area (Å²) in [7, 11) is 0. The monoisotopic (exact) mass is 340 g/mol.